The van der Waals surface area contributed by atoms with Gasteiger partial charge in [-0.15, -0.1) is 0 Å². The predicted octanol–water partition coefficient (Wildman–Crippen LogP) is -1.86. The monoisotopic (exact) mass is 172 g/mol. The molecule has 0 heterocycles. The van der Waals surface area contributed by atoms with Crippen molar-refractivity contribution in [1.29, 1.82) is 0 Å². The van der Waals surface area contributed by atoms with Crippen LogP contribution in [0.15, 0.2) is 0 Å². The zero-order chi connectivity index (χ0) is 7.28. The summed E-state index contributed by atoms with van der Waals surface area (Å²) in [6, 6.07) is 0. The van der Waals surface area contributed by atoms with Crippen molar-refractivity contribution in [3.05, 3.63) is 0 Å². The van der Waals surface area contributed by atoms with E-state index < -0.39 is 31.3 Å². The Bertz CT molecular complexity index is 94.2. The molecule has 0 aliphatic carbocycles. The SMILES string of the molecule is [O]=[Ti]([OH])[O]CC(O)CO. The molecule has 0 saturated carbocycles. The molecule has 5 nitrogen and oxygen atoms in total. The van der Waals surface area contributed by atoms with Crippen LogP contribution in [0.2, 0.25) is 0 Å². The number of hydrogen-bond acceptors (Lipinski definition) is 4. The molecule has 1 atom stereocenters. The van der Waals surface area contributed by atoms with E-state index in [1.807, 2.05) is 0 Å². The molecule has 6 heteroatoms. The van der Waals surface area contributed by atoms with Crippen molar-refractivity contribution < 1.29 is 39.2 Å². The first kappa shape index (κ1) is 9.35. The number of hydrogen-bond donors (Lipinski definition) is 3. The fourth-order valence-corrected chi connectivity index (χ4v) is 0.743. The van der Waals surface area contributed by atoms with Crippen LogP contribution in [-0.2, 0) is 25.3 Å². The Morgan fingerprint density at radius 2 is 2.22 bits per heavy atom. The number of aliphatic hydroxyl groups excluding tert-OH is 2. The van der Waals surface area contributed by atoms with Gasteiger partial charge in [0.15, 0.2) is 0 Å². The van der Waals surface area contributed by atoms with E-state index in [0.717, 1.165) is 0 Å². The Kier molecular flexibility index (Phi) is 5.37. The van der Waals surface area contributed by atoms with Crippen LogP contribution < -0.4 is 0 Å². The van der Waals surface area contributed by atoms with E-state index >= 15 is 0 Å². The summed E-state index contributed by atoms with van der Waals surface area (Å²) in [5, 5.41) is 16.7. The first-order valence-electron chi connectivity index (χ1n) is 2.31. The molecule has 0 aliphatic heterocycles. The Morgan fingerprint density at radius 1 is 1.67 bits per heavy atom. The number of rotatable bonds is 4. The molecule has 0 aliphatic rings. The van der Waals surface area contributed by atoms with Crippen LogP contribution in [0.3, 0.4) is 0 Å². The summed E-state index contributed by atoms with van der Waals surface area (Å²) in [4.78, 5) is 0. The topological polar surface area (TPSA) is 87.0 Å². The standard InChI is InChI=1S/C3H7O3.H2O.O.Ti/c4-1-3(6)2-5;;;/h3-4,6H,1-2H2;1H2;;/q-1;;;+2/p-1. The maximum atomic E-state index is 9.85. The van der Waals surface area contributed by atoms with Gasteiger partial charge in [-0.1, -0.05) is 0 Å². The van der Waals surface area contributed by atoms with E-state index in [1.54, 1.807) is 0 Å². The Balaban J connectivity index is 3.16. The molecule has 0 aromatic heterocycles. The molecule has 0 fully saturated rings. The molecule has 0 aromatic rings. The molecule has 0 saturated heterocycles. The maximum absolute atomic E-state index is 9.85. The van der Waals surface area contributed by atoms with E-state index in [1.165, 1.54) is 0 Å². The van der Waals surface area contributed by atoms with Crippen molar-refractivity contribution in [2.75, 3.05) is 13.2 Å². The summed E-state index contributed by atoms with van der Waals surface area (Å²) >= 11 is -3.49. The van der Waals surface area contributed by atoms with Gasteiger partial charge in [-0.2, -0.15) is 0 Å². The van der Waals surface area contributed by atoms with Crippen LogP contribution in [-0.4, -0.2) is 33.2 Å². The normalized spacial score (nSPS) is 13.2. The molecule has 3 N–H and O–H groups in total. The molecule has 0 aromatic carbocycles. The Hall–Kier alpha value is 0.354. The van der Waals surface area contributed by atoms with Crippen LogP contribution in [0.5, 0.6) is 0 Å². The Labute approximate surface area is 59.0 Å². The number of aliphatic hydroxyl groups is 2. The second-order valence-corrected chi connectivity index (χ2v) is 2.69. The predicted molar refractivity (Wildman–Crippen MR) is 21.9 cm³/mol. The van der Waals surface area contributed by atoms with Gasteiger partial charge in [0.1, 0.15) is 0 Å². The molecule has 54 valence electrons. The van der Waals surface area contributed by atoms with Crippen LogP contribution in [0.1, 0.15) is 0 Å². The fourth-order valence-electron chi connectivity index (χ4n) is 0.220. The summed E-state index contributed by atoms with van der Waals surface area (Å²) in [5.74, 6) is 0. The van der Waals surface area contributed by atoms with E-state index in [4.69, 9.17) is 13.9 Å². The minimum atomic E-state index is -3.49. The second-order valence-electron chi connectivity index (χ2n) is 1.41. The summed E-state index contributed by atoms with van der Waals surface area (Å²) in [5.41, 5.74) is 0. The summed E-state index contributed by atoms with van der Waals surface area (Å²) in [6.45, 7) is -0.725. The third-order valence-electron chi connectivity index (χ3n) is 0.610. The van der Waals surface area contributed by atoms with Gasteiger partial charge in [0.05, 0.1) is 0 Å². The van der Waals surface area contributed by atoms with Crippen LogP contribution >= 0.6 is 0 Å². The molecule has 0 rings (SSSR count). The van der Waals surface area contributed by atoms with Crippen LogP contribution in [0, 0.1) is 0 Å². The van der Waals surface area contributed by atoms with Crippen molar-refractivity contribution in [3.8, 4) is 0 Å². The van der Waals surface area contributed by atoms with Gasteiger partial charge < -0.3 is 0 Å². The molecule has 0 amide bonds. The average Bonchev–Trinajstić information content (AvgIpc) is 1.83. The molecule has 0 radical (unpaired) electrons. The van der Waals surface area contributed by atoms with E-state index in [0.29, 0.717) is 0 Å². The van der Waals surface area contributed by atoms with Crippen molar-refractivity contribution in [3.63, 3.8) is 0 Å². The van der Waals surface area contributed by atoms with Gasteiger partial charge in [-0.25, -0.2) is 0 Å². The third-order valence-corrected chi connectivity index (χ3v) is 1.26. The van der Waals surface area contributed by atoms with Gasteiger partial charge >= 0.3 is 58.5 Å². The van der Waals surface area contributed by atoms with Gasteiger partial charge in [0.2, 0.25) is 0 Å². The molecular weight excluding hydrogens is 164 g/mol. The average molecular weight is 172 g/mol. The molecule has 0 bridgehead atoms. The van der Waals surface area contributed by atoms with Gasteiger partial charge in [-0.3, -0.25) is 0 Å². The van der Waals surface area contributed by atoms with Gasteiger partial charge in [0, 0.05) is 0 Å². The Morgan fingerprint density at radius 3 is 2.56 bits per heavy atom. The third kappa shape index (κ3) is 6.24. The molecule has 9 heavy (non-hydrogen) atoms. The first-order chi connectivity index (χ1) is 4.16. The van der Waals surface area contributed by atoms with E-state index in [9.17, 15) is 3.32 Å². The minimum absolute atomic E-state index is 0.272. The van der Waals surface area contributed by atoms with Crippen molar-refractivity contribution >= 4 is 0 Å². The second kappa shape index (κ2) is 5.16. The van der Waals surface area contributed by atoms with Gasteiger partial charge in [-0.05, 0) is 0 Å². The molecule has 0 spiro atoms. The molecule has 1 unspecified atom stereocenters. The van der Waals surface area contributed by atoms with Crippen LogP contribution in [0.25, 0.3) is 0 Å². The fraction of sp³-hybridized carbons (Fsp3) is 1.00. The van der Waals surface area contributed by atoms with Gasteiger partial charge in [0.25, 0.3) is 0 Å². The van der Waals surface area contributed by atoms with Crippen molar-refractivity contribution in [2.24, 2.45) is 0 Å². The zero-order valence-electron chi connectivity index (χ0n) is 4.65. The summed E-state index contributed by atoms with van der Waals surface area (Å²) in [7, 11) is 0. The molecular formula is C3H8O5Ti. The van der Waals surface area contributed by atoms with Crippen molar-refractivity contribution in [1.82, 2.24) is 0 Å². The van der Waals surface area contributed by atoms with Crippen molar-refractivity contribution in [2.45, 2.75) is 6.10 Å². The van der Waals surface area contributed by atoms with E-state index in [2.05, 4.69) is 3.32 Å². The quantitative estimate of drug-likeness (QED) is 0.433. The summed E-state index contributed by atoms with van der Waals surface area (Å²) in [6.07, 6.45) is -1.05. The van der Waals surface area contributed by atoms with E-state index in [-0.39, 0.29) is 6.61 Å². The first-order valence-corrected chi connectivity index (χ1v) is 4.28. The van der Waals surface area contributed by atoms with Crippen LogP contribution in [0.4, 0.5) is 0 Å². The summed E-state index contributed by atoms with van der Waals surface area (Å²) < 4.78 is 22.1. The zero-order valence-corrected chi connectivity index (χ0v) is 6.21.